The lowest BCUT2D eigenvalue weighted by Crippen LogP contribution is -1.71. The first-order chi connectivity index (χ1) is 3.55. The van der Waals surface area contributed by atoms with Crippen molar-refractivity contribution in [3.05, 3.63) is 22.7 Å². The van der Waals surface area contributed by atoms with Crippen LogP contribution in [0.2, 0.25) is 0 Å². The van der Waals surface area contributed by atoms with Crippen molar-refractivity contribution in [3.63, 3.8) is 0 Å². The fraction of sp³-hybridized carbons (Fsp3) is 0.200. The van der Waals surface area contributed by atoms with E-state index >= 15 is 0 Å². The first kappa shape index (κ1) is 7.82. The van der Waals surface area contributed by atoms with E-state index in [9.17, 15) is 8.78 Å². The molecule has 0 aromatic rings. The molecule has 0 N–H and O–H groups in total. The van der Waals surface area contributed by atoms with Gasteiger partial charge >= 0.3 is 0 Å². The first-order valence-electron chi connectivity index (χ1n) is 1.92. The van der Waals surface area contributed by atoms with Crippen molar-refractivity contribution < 1.29 is 8.78 Å². The van der Waals surface area contributed by atoms with E-state index in [0.29, 0.717) is 0 Å². The van der Waals surface area contributed by atoms with Gasteiger partial charge in [0, 0.05) is 4.48 Å². The Balaban J connectivity index is 4.23. The van der Waals surface area contributed by atoms with Crippen molar-refractivity contribution in [2.75, 3.05) is 0 Å². The maximum Gasteiger partial charge on any atom is 0.167 e. The molecule has 0 amide bonds. The minimum absolute atomic E-state index is 0.0579. The second-order valence-corrected chi connectivity index (χ2v) is 2.21. The van der Waals surface area contributed by atoms with Crippen LogP contribution in [-0.2, 0) is 0 Å². The fourth-order valence-electron chi connectivity index (χ4n) is 0.187. The standard InChI is InChI=1S/C5H5BrF2/c1-3(6)5(8)4(2)7/h1H2,2H3/b5-4-. The topological polar surface area (TPSA) is 0 Å². The van der Waals surface area contributed by atoms with Crippen LogP contribution in [0.5, 0.6) is 0 Å². The molecule has 8 heavy (non-hydrogen) atoms. The zero-order chi connectivity index (χ0) is 6.73. The van der Waals surface area contributed by atoms with E-state index in [1.807, 2.05) is 0 Å². The van der Waals surface area contributed by atoms with E-state index in [2.05, 4.69) is 22.5 Å². The highest BCUT2D eigenvalue weighted by Crippen LogP contribution is 2.19. The highest BCUT2D eigenvalue weighted by molar-refractivity contribution is 9.11. The average molecular weight is 183 g/mol. The Hall–Kier alpha value is -0.180. The summed E-state index contributed by atoms with van der Waals surface area (Å²) in [5.74, 6) is -1.78. The molecule has 0 radical (unpaired) electrons. The van der Waals surface area contributed by atoms with Crippen LogP contribution < -0.4 is 0 Å². The van der Waals surface area contributed by atoms with Crippen molar-refractivity contribution in [2.45, 2.75) is 6.92 Å². The molecule has 0 aliphatic rings. The summed E-state index contributed by atoms with van der Waals surface area (Å²) < 4.78 is 23.7. The molecule has 0 aliphatic heterocycles. The summed E-state index contributed by atoms with van der Waals surface area (Å²) in [6.07, 6.45) is 0. The maximum absolute atomic E-state index is 12.0. The maximum atomic E-state index is 12.0. The third-order valence-corrected chi connectivity index (χ3v) is 0.889. The highest BCUT2D eigenvalue weighted by Gasteiger charge is 2.00. The van der Waals surface area contributed by atoms with Gasteiger partial charge in [-0.2, -0.15) is 0 Å². The van der Waals surface area contributed by atoms with Crippen LogP contribution in [0.4, 0.5) is 8.78 Å². The molecule has 0 saturated heterocycles. The summed E-state index contributed by atoms with van der Waals surface area (Å²) in [4.78, 5) is 0. The Morgan fingerprint density at radius 2 is 1.88 bits per heavy atom. The molecule has 0 unspecified atom stereocenters. The largest absolute Gasteiger partial charge is 0.209 e. The molecule has 0 rings (SSSR count). The Bertz CT molecular complexity index is 133. The molecule has 0 bridgehead atoms. The molecule has 0 fully saturated rings. The van der Waals surface area contributed by atoms with Crippen LogP contribution in [-0.4, -0.2) is 0 Å². The number of halogens is 3. The Morgan fingerprint density at radius 1 is 1.50 bits per heavy atom. The first-order valence-corrected chi connectivity index (χ1v) is 2.71. The van der Waals surface area contributed by atoms with Crippen LogP contribution in [0.1, 0.15) is 6.92 Å². The van der Waals surface area contributed by atoms with Gasteiger partial charge < -0.3 is 0 Å². The van der Waals surface area contributed by atoms with E-state index < -0.39 is 11.7 Å². The summed E-state index contributed by atoms with van der Waals surface area (Å²) in [7, 11) is 0. The Morgan fingerprint density at radius 3 is 1.88 bits per heavy atom. The van der Waals surface area contributed by atoms with Gasteiger partial charge in [0.25, 0.3) is 0 Å². The molecular formula is C5H5BrF2. The highest BCUT2D eigenvalue weighted by atomic mass is 79.9. The SMILES string of the molecule is C=C(Br)/C(F)=C(\C)F. The normalized spacial score (nSPS) is 13.0. The molecule has 3 heteroatoms. The van der Waals surface area contributed by atoms with E-state index in [0.717, 1.165) is 6.92 Å². The van der Waals surface area contributed by atoms with Gasteiger partial charge in [-0.15, -0.1) is 0 Å². The molecule has 0 spiro atoms. The molecule has 0 aromatic heterocycles. The van der Waals surface area contributed by atoms with Crippen LogP contribution >= 0.6 is 15.9 Å². The monoisotopic (exact) mass is 182 g/mol. The predicted octanol–water partition coefficient (Wildman–Crippen LogP) is 3.07. The number of allylic oxidation sites excluding steroid dienone is 3. The molecule has 0 saturated carbocycles. The van der Waals surface area contributed by atoms with Gasteiger partial charge in [-0.05, 0) is 22.9 Å². The van der Waals surface area contributed by atoms with E-state index in [4.69, 9.17) is 0 Å². The summed E-state index contributed by atoms with van der Waals surface area (Å²) in [5.41, 5.74) is 0. The summed E-state index contributed by atoms with van der Waals surface area (Å²) in [6, 6.07) is 0. The van der Waals surface area contributed by atoms with Gasteiger partial charge in [-0.25, -0.2) is 8.78 Å². The van der Waals surface area contributed by atoms with Crippen LogP contribution in [0.3, 0.4) is 0 Å². The molecule has 0 aromatic carbocycles. The van der Waals surface area contributed by atoms with Crippen molar-refractivity contribution in [1.82, 2.24) is 0 Å². The smallest absolute Gasteiger partial charge is 0.167 e. The summed E-state index contributed by atoms with van der Waals surface area (Å²) in [6.45, 7) is 4.15. The average Bonchev–Trinajstić information content (AvgIpc) is 1.64. The van der Waals surface area contributed by atoms with Gasteiger partial charge in [0.15, 0.2) is 5.83 Å². The Labute approximate surface area is 55.0 Å². The zero-order valence-electron chi connectivity index (χ0n) is 4.34. The van der Waals surface area contributed by atoms with Crippen molar-refractivity contribution in [1.29, 1.82) is 0 Å². The quantitative estimate of drug-likeness (QED) is 0.548. The van der Waals surface area contributed by atoms with Crippen molar-refractivity contribution >= 4 is 15.9 Å². The van der Waals surface area contributed by atoms with Crippen LogP contribution in [0.25, 0.3) is 0 Å². The third kappa shape index (κ3) is 2.21. The van der Waals surface area contributed by atoms with Gasteiger partial charge in [-0.1, -0.05) is 6.58 Å². The molecule has 0 atom stereocenters. The third-order valence-electron chi connectivity index (χ3n) is 0.541. The molecular weight excluding hydrogens is 178 g/mol. The lowest BCUT2D eigenvalue weighted by Gasteiger charge is -1.88. The van der Waals surface area contributed by atoms with Gasteiger partial charge in [0.1, 0.15) is 5.83 Å². The lowest BCUT2D eigenvalue weighted by molar-refractivity contribution is 0.554. The lowest BCUT2D eigenvalue weighted by atomic mass is 10.5. The van der Waals surface area contributed by atoms with E-state index in [-0.39, 0.29) is 4.48 Å². The van der Waals surface area contributed by atoms with Gasteiger partial charge in [-0.3, -0.25) is 0 Å². The zero-order valence-corrected chi connectivity index (χ0v) is 5.93. The number of rotatable bonds is 1. The molecule has 46 valence electrons. The molecule has 0 nitrogen and oxygen atoms in total. The Kier molecular flexibility index (Phi) is 2.90. The van der Waals surface area contributed by atoms with Gasteiger partial charge in [0.2, 0.25) is 0 Å². The minimum atomic E-state index is -0.926. The number of hydrogen-bond acceptors (Lipinski definition) is 0. The molecule has 0 aliphatic carbocycles. The fourth-order valence-corrected chi connectivity index (χ4v) is 0.460. The summed E-state index contributed by atoms with van der Waals surface area (Å²) in [5, 5.41) is 0. The van der Waals surface area contributed by atoms with E-state index in [1.54, 1.807) is 0 Å². The predicted molar refractivity (Wildman–Crippen MR) is 33.0 cm³/mol. The summed E-state index contributed by atoms with van der Waals surface area (Å²) >= 11 is 2.67. The van der Waals surface area contributed by atoms with Crippen LogP contribution in [0, 0.1) is 0 Å². The second-order valence-electron chi connectivity index (χ2n) is 1.25. The molecule has 0 heterocycles. The number of hydrogen-bond donors (Lipinski definition) is 0. The van der Waals surface area contributed by atoms with Crippen molar-refractivity contribution in [2.24, 2.45) is 0 Å². The van der Waals surface area contributed by atoms with E-state index in [1.165, 1.54) is 0 Å². The van der Waals surface area contributed by atoms with Gasteiger partial charge in [0.05, 0.1) is 0 Å². The van der Waals surface area contributed by atoms with Crippen LogP contribution in [0.15, 0.2) is 22.7 Å². The minimum Gasteiger partial charge on any atom is -0.209 e. The second kappa shape index (κ2) is 2.97. The van der Waals surface area contributed by atoms with Crippen molar-refractivity contribution in [3.8, 4) is 0 Å².